The van der Waals surface area contributed by atoms with Crippen molar-refractivity contribution in [2.45, 2.75) is 6.04 Å². The monoisotopic (exact) mass is 202 g/mol. The Morgan fingerprint density at radius 2 is 2.29 bits per heavy atom. The zero-order valence-electron chi connectivity index (χ0n) is 7.99. The SMILES string of the molecule is C=CCOC(=O)NC[C@H](N)C(=O)OC. The molecule has 6 nitrogen and oxygen atoms in total. The molecule has 0 heterocycles. The van der Waals surface area contributed by atoms with E-state index in [9.17, 15) is 9.59 Å². The van der Waals surface area contributed by atoms with E-state index in [0.29, 0.717) is 0 Å². The van der Waals surface area contributed by atoms with Crippen LogP contribution in [0.25, 0.3) is 0 Å². The third kappa shape index (κ3) is 5.15. The fourth-order valence-corrected chi connectivity index (χ4v) is 0.614. The van der Waals surface area contributed by atoms with Crippen LogP contribution in [0.1, 0.15) is 0 Å². The summed E-state index contributed by atoms with van der Waals surface area (Å²) in [6.45, 7) is 3.45. The van der Waals surface area contributed by atoms with Crippen molar-refractivity contribution in [1.82, 2.24) is 5.32 Å². The third-order valence-electron chi connectivity index (χ3n) is 1.30. The second kappa shape index (κ2) is 6.90. The summed E-state index contributed by atoms with van der Waals surface area (Å²) in [5.74, 6) is -0.589. The van der Waals surface area contributed by atoms with Crippen LogP contribution in [0.4, 0.5) is 4.79 Å². The normalized spacial score (nSPS) is 11.3. The zero-order valence-corrected chi connectivity index (χ0v) is 7.99. The highest BCUT2D eigenvalue weighted by Crippen LogP contribution is 1.83. The van der Waals surface area contributed by atoms with Crippen molar-refractivity contribution < 1.29 is 19.1 Å². The molecule has 0 saturated heterocycles. The first-order valence-electron chi connectivity index (χ1n) is 3.96. The van der Waals surface area contributed by atoms with Crippen LogP contribution in [0.5, 0.6) is 0 Å². The van der Waals surface area contributed by atoms with Crippen molar-refractivity contribution >= 4 is 12.1 Å². The minimum Gasteiger partial charge on any atom is -0.468 e. The molecule has 3 N–H and O–H groups in total. The van der Waals surface area contributed by atoms with Gasteiger partial charge in [-0.3, -0.25) is 4.79 Å². The summed E-state index contributed by atoms with van der Waals surface area (Å²) in [6, 6.07) is -0.878. The van der Waals surface area contributed by atoms with E-state index < -0.39 is 18.1 Å². The maximum absolute atomic E-state index is 10.8. The Hall–Kier alpha value is -1.56. The number of hydrogen-bond acceptors (Lipinski definition) is 5. The van der Waals surface area contributed by atoms with Crippen LogP contribution < -0.4 is 11.1 Å². The summed E-state index contributed by atoms with van der Waals surface area (Å²) >= 11 is 0. The van der Waals surface area contributed by atoms with Gasteiger partial charge in [-0.1, -0.05) is 12.7 Å². The molecule has 0 aromatic carbocycles. The lowest BCUT2D eigenvalue weighted by atomic mass is 10.3. The number of carbonyl (C=O) groups is 2. The number of esters is 1. The maximum atomic E-state index is 10.8. The number of nitrogens with one attached hydrogen (secondary N) is 1. The Morgan fingerprint density at radius 1 is 1.64 bits per heavy atom. The van der Waals surface area contributed by atoms with Crippen molar-refractivity contribution in [2.24, 2.45) is 5.73 Å². The smallest absolute Gasteiger partial charge is 0.407 e. The van der Waals surface area contributed by atoms with Gasteiger partial charge in [-0.05, 0) is 0 Å². The first kappa shape index (κ1) is 12.4. The lowest BCUT2D eigenvalue weighted by Gasteiger charge is -2.09. The van der Waals surface area contributed by atoms with Crippen molar-refractivity contribution in [3.8, 4) is 0 Å². The molecule has 0 rings (SSSR count). The predicted molar refractivity (Wildman–Crippen MR) is 49.5 cm³/mol. The van der Waals surface area contributed by atoms with E-state index in [-0.39, 0.29) is 13.2 Å². The van der Waals surface area contributed by atoms with Crippen LogP contribution in [0.2, 0.25) is 0 Å². The number of carbonyl (C=O) groups excluding carboxylic acids is 2. The largest absolute Gasteiger partial charge is 0.468 e. The van der Waals surface area contributed by atoms with E-state index in [1.807, 2.05) is 0 Å². The minimum atomic E-state index is -0.878. The quantitative estimate of drug-likeness (QED) is 0.459. The van der Waals surface area contributed by atoms with E-state index in [0.717, 1.165) is 0 Å². The lowest BCUT2D eigenvalue weighted by molar-refractivity contribution is -0.141. The first-order chi connectivity index (χ1) is 6.61. The molecule has 80 valence electrons. The molecule has 0 spiro atoms. The minimum absolute atomic E-state index is 0.0251. The molecule has 0 aliphatic heterocycles. The van der Waals surface area contributed by atoms with Crippen LogP contribution >= 0.6 is 0 Å². The molecular weight excluding hydrogens is 188 g/mol. The molecule has 1 amide bonds. The summed E-state index contributed by atoms with van der Waals surface area (Å²) in [5, 5.41) is 2.30. The van der Waals surface area contributed by atoms with Crippen LogP contribution in [-0.4, -0.2) is 38.4 Å². The molecule has 0 unspecified atom stereocenters. The highest BCUT2D eigenvalue weighted by Gasteiger charge is 2.14. The fraction of sp³-hybridized carbons (Fsp3) is 0.500. The van der Waals surface area contributed by atoms with Crippen molar-refractivity contribution in [1.29, 1.82) is 0 Å². The van der Waals surface area contributed by atoms with E-state index >= 15 is 0 Å². The van der Waals surface area contributed by atoms with E-state index in [1.54, 1.807) is 0 Å². The summed E-state index contributed by atoms with van der Waals surface area (Å²) in [7, 11) is 1.22. The average molecular weight is 202 g/mol. The van der Waals surface area contributed by atoms with Crippen molar-refractivity contribution in [3.05, 3.63) is 12.7 Å². The van der Waals surface area contributed by atoms with E-state index in [1.165, 1.54) is 13.2 Å². The number of ether oxygens (including phenoxy) is 2. The highest BCUT2D eigenvalue weighted by molar-refractivity contribution is 5.76. The van der Waals surface area contributed by atoms with E-state index in [2.05, 4.69) is 21.4 Å². The van der Waals surface area contributed by atoms with Gasteiger partial charge in [0, 0.05) is 6.54 Å². The number of rotatable bonds is 5. The molecule has 0 radical (unpaired) electrons. The highest BCUT2D eigenvalue weighted by atomic mass is 16.5. The Kier molecular flexibility index (Phi) is 6.13. The summed E-state index contributed by atoms with van der Waals surface area (Å²) in [6.07, 6.45) is 0.782. The average Bonchev–Trinajstić information content (AvgIpc) is 2.21. The van der Waals surface area contributed by atoms with Crippen LogP contribution in [-0.2, 0) is 14.3 Å². The van der Waals surface area contributed by atoms with Gasteiger partial charge in [-0.25, -0.2) is 4.79 Å². The third-order valence-corrected chi connectivity index (χ3v) is 1.30. The molecule has 0 saturated carbocycles. The summed E-state index contributed by atoms with van der Waals surface area (Å²) in [4.78, 5) is 21.6. The fourth-order valence-electron chi connectivity index (χ4n) is 0.614. The van der Waals surface area contributed by atoms with E-state index in [4.69, 9.17) is 5.73 Å². The molecular formula is C8H14N2O4. The Labute approximate surface area is 82.0 Å². The van der Waals surface area contributed by atoms with Gasteiger partial charge < -0.3 is 20.5 Å². The molecule has 14 heavy (non-hydrogen) atoms. The van der Waals surface area contributed by atoms with Gasteiger partial charge in [-0.15, -0.1) is 0 Å². The molecule has 0 aromatic rings. The Morgan fingerprint density at radius 3 is 2.79 bits per heavy atom. The van der Waals surface area contributed by atoms with Crippen molar-refractivity contribution in [2.75, 3.05) is 20.3 Å². The summed E-state index contributed by atoms with van der Waals surface area (Å²) < 4.78 is 8.93. The van der Waals surface area contributed by atoms with Crippen LogP contribution in [0.3, 0.4) is 0 Å². The van der Waals surface area contributed by atoms with Crippen molar-refractivity contribution in [3.63, 3.8) is 0 Å². The van der Waals surface area contributed by atoms with Gasteiger partial charge in [-0.2, -0.15) is 0 Å². The number of methoxy groups -OCH3 is 1. The van der Waals surface area contributed by atoms with Gasteiger partial charge in [0.25, 0.3) is 0 Å². The topological polar surface area (TPSA) is 90.6 Å². The van der Waals surface area contributed by atoms with Gasteiger partial charge in [0.1, 0.15) is 12.6 Å². The number of nitrogens with two attached hydrogens (primary N) is 1. The molecule has 0 aliphatic rings. The van der Waals surface area contributed by atoms with Crippen LogP contribution in [0.15, 0.2) is 12.7 Å². The molecule has 0 aliphatic carbocycles. The molecule has 0 aromatic heterocycles. The Bertz CT molecular complexity index is 217. The van der Waals surface area contributed by atoms with Gasteiger partial charge >= 0.3 is 12.1 Å². The second-order valence-electron chi connectivity index (χ2n) is 2.40. The maximum Gasteiger partial charge on any atom is 0.407 e. The van der Waals surface area contributed by atoms with Gasteiger partial charge in [0.05, 0.1) is 7.11 Å². The Balaban J connectivity index is 3.65. The predicted octanol–water partition coefficient (Wildman–Crippen LogP) is -0.601. The zero-order chi connectivity index (χ0) is 11.0. The standard InChI is InChI=1S/C8H14N2O4/c1-3-4-14-8(12)10-5-6(9)7(11)13-2/h3,6H,1,4-5,9H2,2H3,(H,10,12)/t6-/m0/s1. The molecule has 0 fully saturated rings. The second-order valence-corrected chi connectivity index (χ2v) is 2.40. The molecule has 1 atom stereocenters. The first-order valence-corrected chi connectivity index (χ1v) is 3.96. The molecule has 0 bridgehead atoms. The van der Waals surface area contributed by atoms with Gasteiger partial charge in [0.2, 0.25) is 0 Å². The molecule has 6 heteroatoms. The number of alkyl carbamates (subject to hydrolysis) is 1. The number of hydrogen-bond donors (Lipinski definition) is 2. The number of amides is 1. The lowest BCUT2D eigenvalue weighted by Crippen LogP contribution is -2.43. The van der Waals surface area contributed by atoms with Crippen LogP contribution in [0, 0.1) is 0 Å². The van der Waals surface area contributed by atoms with Gasteiger partial charge in [0.15, 0.2) is 0 Å². The summed E-state index contributed by atoms with van der Waals surface area (Å²) in [5.41, 5.74) is 5.34.